The lowest BCUT2D eigenvalue weighted by Crippen LogP contribution is -2.28. The van der Waals surface area contributed by atoms with Crippen molar-refractivity contribution in [2.75, 3.05) is 17.2 Å². The van der Waals surface area contributed by atoms with E-state index >= 15 is 0 Å². The van der Waals surface area contributed by atoms with Crippen LogP contribution in [0.3, 0.4) is 0 Å². The van der Waals surface area contributed by atoms with Crippen LogP contribution >= 0.6 is 12.4 Å². The van der Waals surface area contributed by atoms with Crippen LogP contribution in [0.4, 0.5) is 11.4 Å². The van der Waals surface area contributed by atoms with Gasteiger partial charge in [0.1, 0.15) is 0 Å². The molecule has 1 rings (SSSR count). The number of nitrogens with two attached hydrogens (primary N) is 1. The fraction of sp³-hybridized carbons (Fsp3) is 0.500. The minimum absolute atomic E-state index is 0. The lowest BCUT2D eigenvalue weighted by molar-refractivity contribution is -0.123. The van der Waals surface area contributed by atoms with Crippen LogP contribution in [0, 0.1) is 18.3 Å². The van der Waals surface area contributed by atoms with Gasteiger partial charge in [-0.3, -0.25) is 9.59 Å². The van der Waals surface area contributed by atoms with Gasteiger partial charge in [-0.15, -0.1) is 12.4 Å². The number of hydrogen-bond donors (Lipinski definition) is 3. The number of nitrogens with one attached hydrogen (secondary N) is 2. The van der Waals surface area contributed by atoms with E-state index in [4.69, 9.17) is 5.73 Å². The van der Waals surface area contributed by atoms with Crippen LogP contribution in [-0.4, -0.2) is 18.4 Å². The highest BCUT2D eigenvalue weighted by atomic mass is 35.5. The van der Waals surface area contributed by atoms with Gasteiger partial charge in [-0.05, 0) is 24.6 Å². The van der Waals surface area contributed by atoms with Crippen molar-refractivity contribution < 1.29 is 9.59 Å². The van der Waals surface area contributed by atoms with Crippen molar-refractivity contribution in [3.8, 4) is 0 Å². The Morgan fingerprint density at radius 2 is 1.82 bits per heavy atom. The molecule has 0 radical (unpaired) electrons. The van der Waals surface area contributed by atoms with Crippen molar-refractivity contribution in [1.29, 1.82) is 0 Å². The van der Waals surface area contributed by atoms with E-state index in [0.717, 1.165) is 5.56 Å². The Kier molecular flexibility index (Phi) is 7.56. The highest BCUT2D eigenvalue weighted by molar-refractivity contribution is 5.97. The molecule has 0 bridgehead atoms. The minimum Gasteiger partial charge on any atom is -0.330 e. The fourth-order valence-corrected chi connectivity index (χ4v) is 1.52. The fourth-order valence-electron chi connectivity index (χ4n) is 1.52. The topological polar surface area (TPSA) is 84.2 Å². The third-order valence-corrected chi connectivity index (χ3v) is 3.24. The van der Waals surface area contributed by atoms with Crippen LogP contribution in [0.15, 0.2) is 18.2 Å². The van der Waals surface area contributed by atoms with E-state index in [0.29, 0.717) is 17.9 Å². The van der Waals surface area contributed by atoms with E-state index in [1.54, 1.807) is 13.0 Å². The van der Waals surface area contributed by atoms with Crippen LogP contribution in [0.5, 0.6) is 0 Å². The molecule has 22 heavy (non-hydrogen) atoms. The SMILES string of the molecule is Cc1ccc(NC(=O)C(C)CN)cc1NC(=O)C(C)(C)C.Cl. The van der Waals surface area contributed by atoms with Crippen LogP contribution in [0.1, 0.15) is 33.3 Å². The molecule has 6 heteroatoms. The van der Waals surface area contributed by atoms with Crippen molar-refractivity contribution >= 4 is 35.6 Å². The number of hydrogen-bond acceptors (Lipinski definition) is 3. The van der Waals surface area contributed by atoms with E-state index in [2.05, 4.69) is 10.6 Å². The molecule has 0 aromatic heterocycles. The summed E-state index contributed by atoms with van der Waals surface area (Å²) in [5.41, 5.74) is 7.30. The molecule has 4 N–H and O–H groups in total. The molecule has 0 aliphatic carbocycles. The largest absolute Gasteiger partial charge is 0.330 e. The molecule has 124 valence electrons. The Morgan fingerprint density at radius 3 is 2.32 bits per heavy atom. The minimum atomic E-state index is -0.472. The smallest absolute Gasteiger partial charge is 0.229 e. The zero-order valence-electron chi connectivity index (χ0n) is 13.8. The van der Waals surface area contributed by atoms with Gasteiger partial charge in [0, 0.05) is 29.3 Å². The van der Waals surface area contributed by atoms with Gasteiger partial charge in [-0.25, -0.2) is 0 Å². The van der Waals surface area contributed by atoms with Crippen LogP contribution in [-0.2, 0) is 9.59 Å². The van der Waals surface area contributed by atoms with E-state index < -0.39 is 5.41 Å². The highest BCUT2D eigenvalue weighted by Gasteiger charge is 2.22. The average molecular weight is 328 g/mol. The van der Waals surface area contributed by atoms with Crippen LogP contribution in [0.2, 0.25) is 0 Å². The predicted molar refractivity (Wildman–Crippen MR) is 93.4 cm³/mol. The molecule has 0 aliphatic heterocycles. The number of rotatable bonds is 4. The zero-order valence-corrected chi connectivity index (χ0v) is 14.6. The summed E-state index contributed by atoms with van der Waals surface area (Å²) < 4.78 is 0. The van der Waals surface area contributed by atoms with Crippen molar-refractivity contribution in [3.63, 3.8) is 0 Å². The maximum Gasteiger partial charge on any atom is 0.229 e. The molecule has 0 aliphatic rings. The third kappa shape index (κ3) is 5.66. The standard InChI is InChI=1S/C16H25N3O2.ClH/c1-10-6-7-12(18-14(20)11(2)9-17)8-13(10)19-15(21)16(3,4)5;/h6-8,11H,9,17H2,1-5H3,(H,18,20)(H,19,21);1H. The summed E-state index contributed by atoms with van der Waals surface area (Å²) in [6.07, 6.45) is 0. The molecule has 0 spiro atoms. The van der Waals surface area contributed by atoms with Crippen LogP contribution < -0.4 is 16.4 Å². The summed E-state index contributed by atoms with van der Waals surface area (Å²) in [6.45, 7) is 9.54. The van der Waals surface area contributed by atoms with Crippen molar-refractivity contribution in [2.45, 2.75) is 34.6 Å². The number of halogens is 1. The number of benzene rings is 1. The first kappa shape index (κ1) is 20.4. The Bertz CT molecular complexity index is 539. The Hall–Kier alpha value is -1.59. The normalized spacial score (nSPS) is 12.1. The van der Waals surface area contributed by atoms with Crippen molar-refractivity contribution in [1.82, 2.24) is 0 Å². The van der Waals surface area contributed by atoms with E-state index in [9.17, 15) is 9.59 Å². The quantitative estimate of drug-likeness (QED) is 0.795. The lowest BCUT2D eigenvalue weighted by atomic mass is 9.95. The van der Waals surface area contributed by atoms with Gasteiger partial charge in [0.25, 0.3) is 0 Å². The molecule has 0 fully saturated rings. The monoisotopic (exact) mass is 327 g/mol. The summed E-state index contributed by atoms with van der Waals surface area (Å²) in [6, 6.07) is 5.43. The molecule has 0 heterocycles. The number of carbonyl (C=O) groups is 2. The molecular weight excluding hydrogens is 302 g/mol. The first-order valence-corrected chi connectivity index (χ1v) is 7.08. The van der Waals surface area contributed by atoms with Gasteiger partial charge in [0.05, 0.1) is 0 Å². The second-order valence-corrected chi connectivity index (χ2v) is 6.36. The molecule has 2 amide bonds. The molecule has 1 aromatic rings. The maximum absolute atomic E-state index is 12.1. The van der Waals surface area contributed by atoms with Crippen molar-refractivity contribution in [3.05, 3.63) is 23.8 Å². The van der Waals surface area contributed by atoms with Gasteiger partial charge in [-0.1, -0.05) is 33.8 Å². The highest BCUT2D eigenvalue weighted by Crippen LogP contribution is 2.23. The van der Waals surface area contributed by atoms with Crippen molar-refractivity contribution in [2.24, 2.45) is 17.1 Å². The average Bonchev–Trinajstić information content (AvgIpc) is 2.40. The molecule has 1 aromatic carbocycles. The second-order valence-electron chi connectivity index (χ2n) is 6.36. The summed E-state index contributed by atoms with van der Waals surface area (Å²) in [7, 11) is 0. The van der Waals surface area contributed by atoms with Gasteiger partial charge < -0.3 is 16.4 Å². The van der Waals surface area contributed by atoms with Gasteiger partial charge in [0.2, 0.25) is 11.8 Å². The Morgan fingerprint density at radius 1 is 1.23 bits per heavy atom. The first-order valence-electron chi connectivity index (χ1n) is 7.08. The molecule has 1 unspecified atom stereocenters. The van der Waals surface area contributed by atoms with E-state index in [1.165, 1.54) is 0 Å². The maximum atomic E-state index is 12.1. The summed E-state index contributed by atoms with van der Waals surface area (Å²) in [4.78, 5) is 23.9. The first-order chi connectivity index (χ1) is 9.65. The van der Waals surface area contributed by atoms with Crippen LogP contribution in [0.25, 0.3) is 0 Å². The summed E-state index contributed by atoms with van der Waals surface area (Å²) >= 11 is 0. The van der Waals surface area contributed by atoms with E-state index in [-0.39, 0.29) is 30.1 Å². The summed E-state index contributed by atoms with van der Waals surface area (Å²) in [5.74, 6) is -0.447. The number of carbonyl (C=O) groups excluding carboxylic acids is 2. The van der Waals surface area contributed by atoms with Gasteiger partial charge in [0.15, 0.2) is 0 Å². The third-order valence-electron chi connectivity index (χ3n) is 3.24. The Balaban J connectivity index is 0.00000441. The molecule has 0 saturated heterocycles. The molecule has 0 saturated carbocycles. The predicted octanol–water partition coefficient (Wildman–Crippen LogP) is 2.93. The Labute approximate surface area is 138 Å². The van der Waals surface area contributed by atoms with Gasteiger partial charge >= 0.3 is 0 Å². The number of aryl methyl sites for hydroxylation is 1. The number of anilines is 2. The molecule has 5 nitrogen and oxygen atoms in total. The number of amides is 2. The van der Waals surface area contributed by atoms with E-state index in [1.807, 2.05) is 39.8 Å². The second kappa shape index (κ2) is 8.15. The van der Waals surface area contributed by atoms with Gasteiger partial charge in [-0.2, -0.15) is 0 Å². The molecule has 1 atom stereocenters. The zero-order chi connectivity index (χ0) is 16.2. The summed E-state index contributed by atoms with van der Waals surface area (Å²) in [5, 5.41) is 5.69. The lowest BCUT2D eigenvalue weighted by Gasteiger charge is -2.19. The molecular formula is C16H26ClN3O2.